The van der Waals surface area contributed by atoms with Gasteiger partial charge in [-0.15, -0.1) is 0 Å². The van der Waals surface area contributed by atoms with Crippen LogP contribution in [-0.2, 0) is 0 Å². The van der Waals surface area contributed by atoms with E-state index in [1.807, 2.05) is 24.3 Å². The van der Waals surface area contributed by atoms with E-state index in [9.17, 15) is 0 Å². The SMILES string of the molecule is CCCNc1cccc(Sc2ccncn2)n1. The fraction of sp³-hybridized carbons (Fsp3) is 0.250. The van der Waals surface area contributed by atoms with Crippen molar-refractivity contribution in [1.29, 1.82) is 0 Å². The average molecular weight is 246 g/mol. The summed E-state index contributed by atoms with van der Waals surface area (Å²) in [7, 11) is 0. The molecule has 88 valence electrons. The molecule has 5 heteroatoms. The zero-order valence-corrected chi connectivity index (χ0v) is 10.4. The molecule has 2 aromatic rings. The van der Waals surface area contributed by atoms with Gasteiger partial charge in [0.1, 0.15) is 22.2 Å². The van der Waals surface area contributed by atoms with E-state index < -0.39 is 0 Å². The molecule has 2 heterocycles. The number of nitrogens with zero attached hydrogens (tertiary/aromatic N) is 3. The maximum absolute atomic E-state index is 4.50. The van der Waals surface area contributed by atoms with E-state index in [2.05, 4.69) is 27.2 Å². The Hall–Kier alpha value is -1.62. The molecule has 0 unspecified atom stereocenters. The smallest absolute Gasteiger partial charge is 0.127 e. The number of hydrogen-bond donors (Lipinski definition) is 1. The average Bonchev–Trinajstić information content (AvgIpc) is 2.38. The summed E-state index contributed by atoms with van der Waals surface area (Å²) in [4.78, 5) is 12.5. The minimum atomic E-state index is 0.903. The van der Waals surface area contributed by atoms with Gasteiger partial charge in [-0.3, -0.25) is 0 Å². The molecule has 17 heavy (non-hydrogen) atoms. The van der Waals surface area contributed by atoms with Crippen molar-refractivity contribution >= 4 is 17.6 Å². The second kappa shape index (κ2) is 6.20. The Morgan fingerprint density at radius 3 is 2.94 bits per heavy atom. The molecule has 0 atom stereocenters. The van der Waals surface area contributed by atoms with E-state index in [-0.39, 0.29) is 0 Å². The van der Waals surface area contributed by atoms with Crippen molar-refractivity contribution in [3.8, 4) is 0 Å². The predicted octanol–water partition coefficient (Wildman–Crippen LogP) is 2.84. The molecule has 0 bridgehead atoms. The highest BCUT2D eigenvalue weighted by Gasteiger charge is 2.00. The van der Waals surface area contributed by atoms with E-state index in [0.717, 1.165) is 28.8 Å². The lowest BCUT2D eigenvalue weighted by Gasteiger charge is -2.05. The third-order valence-corrected chi connectivity index (χ3v) is 2.93. The molecular formula is C12H14N4S. The molecule has 0 spiro atoms. The van der Waals surface area contributed by atoms with Crippen LogP contribution >= 0.6 is 11.8 Å². The summed E-state index contributed by atoms with van der Waals surface area (Å²) in [6.45, 7) is 3.07. The maximum atomic E-state index is 4.50. The summed E-state index contributed by atoms with van der Waals surface area (Å²) in [6, 6.07) is 7.82. The van der Waals surface area contributed by atoms with Crippen molar-refractivity contribution in [3.05, 3.63) is 36.8 Å². The molecular weight excluding hydrogens is 232 g/mol. The highest BCUT2D eigenvalue weighted by molar-refractivity contribution is 7.99. The summed E-state index contributed by atoms with van der Waals surface area (Å²) in [6.07, 6.45) is 4.36. The van der Waals surface area contributed by atoms with Crippen LogP contribution in [0.15, 0.2) is 46.8 Å². The molecule has 0 aromatic carbocycles. The van der Waals surface area contributed by atoms with Gasteiger partial charge in [-0.1, -0.05) is 13.0 Å². The van der Waals surface area contributed by atoms with Gasteiger partial charge in [-0.2, -0.15) is 0 Å². The van der Waals surface area contributed by atoms with Gasteiger partial charge in [-0.05, 0) is 36.4 Å². The molecule has 2 rings (SSSR count). The van der Waals surface area contributed by atoms with Gasteiger partial charge in [0.05, 0.1) is 0 Å². The van der Waals surface area contributed by atoms with Gasteiger partial charge in [0.25, 0.3) is 0 Å². The van der Waals surface area contributed by atoms with Crippen molar-refractivity contribution in [2.75, 3.05) is 11.9 Å². The summed E-state index contributed by atoms with van der Waals surface area (Å²) in [5.41, 5.74) is 0. The van der Waals surface area contributed by atoms with Crippen molar-refractivity contribution in [3.63, 3.8) is 0 Å². The summed E-state index contributed by atoms with van der Waals surface area (Å²) in [5, 5.41) is 5.10. The molecule has 0 saturated carbocycles. The number of hydrogen-bond acceptors (Lipinski definition) is 5. The molecule has 0 saturated heterocycles. The molecule has 1 N–H and O–H groups in total. The Morgan fingerprint density at radius 2 is 2.18 bits per heavy atom. The second-order valence-electron chi connectivity index (χ2n) is 3.44. The Balaban J connectivity index is 2.06. The first kappa shape index (κ1) is 11.9. The van der Waals surface area contributed by atoms with E-state index >= 15 is 0 Å². The fourth-order valence-corrected chi connectivity index (χ4v) is 2.00. The van der Waals surface area contributed by atoms with Gasteiger partial charge in [0.15, 0.2) is 0 Å². The first-order valence-electron chi connectivity index (χ1n) is 5.53. The van der Waals surface area contributed by atoms with Crippen LogP contribution in [0, 0.1) is 0 Å². The number of pyridine rings is 1. The second-order valence-corrected chi connectivity index (χ2v) is 4.48. The topological polar surface area (TPSA) is 50.7 Å². The molecule has 2 aromatic heterocycles. The monoisotopic (exact) mass is 246 g/mol. The zero-order chi connectivity index (χ0) is 11.9. The van der Waals surface area contributed by atoms with Crippen molar-refractivity contribution < 1.29 is 0 Å². The molecule has 0 radical (unpaired) electrons. The van der Waals surface area contributed by atoms with Gasteiger partial charge in [0.2, 0.25) is 0 Å². The third-order valence-electron chi connectivity index (χ3n) is 2.04. The van der Waals surface area contributed by atoms with Crippen LogP contribution < -0.4 is 5.32 Å². The lowest BCUT2D eigenvalue weighted by molar-refractivity contribution is 0.958. The van der Waals surface area contributed by atoms with Gasteiger partial charge < -0.3 is 5.32 Å². The van der Waals surface area contributed by atoms with Gasteiger partial charge in [0, 0.05) is 12.7 Å². The molecule has 0 amide bonds. The lowest BCUT2D eigenvalue weighted by Crippen LogP contribution is -2.01. The number of nitrogens with one attached hydrogen (secondary N) is 1. The molecule has 0 aliphatic heterocycles. The standard InChI is InChI=1S/C12H14N4S/c1-2-7-14-10-4-3-5-12(16-10)17-11-6-8-13-9-15-11/h3-6,8-9H,2,7H2,1H3,(H,14,16). The maximum Gasteiger partial charge on any atom is 0.127 e. The van der Waals surface area contributed by atoms with E-state index in [0.29, 0.717) is 0 Å². The van der Waals surface area contributed by atoms with Crippen molar-refractivity contribution in [2.45, 2.75) is 23.4 Å². The zero-order valence-electron chi connectivity index (χ0n) is 9.63. The van der Waals surface area contributed by atoms with Crippen LogP contribution in [0.2, 0.25) is 0 Å². The minimum absolute atomic E-state index is 0.903. The van der Waals surface area contributed by atoms with E-state index in [1.165, 1.54) is 11.8 Å². The van der Waals surface area contributed by atoms with Crippen LogP contribution in [0.5, 0.6) is 0 Å². The lowest BCUT2D eigenvalue weighted by atomic mass is 10.4. The number of anilines is 1. The normalized spacial score (nSPS) is 10.2. The molecule has 0 aliphatic carbocycles. The molecule has 4 nitrogen and oxygen atoms in total. The van der Waals surface area contributed by atoms with Crippen molar-refractivity contribution in [1.82, 2.24) is 15.0 Å². The molecule has 0 fully saturated rings. The highest BCUT2D eigenvalue weighted by Crippen LogP contribution is 2.24. The van der Waals surface area contributed by atoms with Crippen molar-refractivity contribution in [2.24, 2.45) is 0 Å². The third kappa shape index (κ3) is 3.71. The van der Waals surface area contributed by atoms with E-state index in [1.54, 1.807) is 12.5 Å². The quantitative estimate of drug-likeness (QED) is 0.822. The summed E-state index contributed by atoms with van der Waals surface area (Å²) in [5.74, 6) is 0.908. The first-order valence-corrected chi connectivity index (χ1v) is 6.35. The van der Waals surface area contributed by atoms with E-state index in [4.69, 9.17) is 0 Å². The fourth-order valence-electron chi connectivity index (χ4n) is 1.27. The van der Waals surface area contributed by atoms with Crippen LogP contribution in [0.25, 0.3) is 0 Å². The van der Waals surface area contributed by atoms with Gasteiger partial charge in [-0.25, -0.2) is 15.0 Å². The Morgan fingerprint density at radius 1 is 1.24 bits per heavy atom. The minimum Gasteiger partial charge on any atom is -0.370 e. The summed E-state index contributed by atoms with van der Waals surface area (Å²) >= 11 is 1.53. The summed E-state index contributed by atoms with van der Waals surface area (Å²) < 4.78 is 0. The van der Waals surface area contributed by atoms with Crippen LogP contribution in [0.3, 0.4) is 0 Å². The van der Waals surface area contributed by atoms with Gasteiger partial charge >= 0.3 is 0 Å². The number of rotatable bonds is 5. The Labute approximate surface area is 105 Å². The first-order chi connectivity index (χ1) is 8.38. The largest absolute Gasteiger partial charge is 0.370 e. The van der Waals surface area contributed by atoms with Crippen LogP contribution in [0.4, 0.5) is 5.82 Å². The van der Waals surface area contributed by atoms with Crippen LogP contribution in [-0.4, -0.2) is 21.5 Å². The predicted molar refractivity (Wildman–Crippen MR) is 69.2 cm³/mol. The Kier molecular flexibility index (Phi) is 4.32. The number of aromatic nitrogens is 3. The van der Waals surface area contributed by atoms with Crippen LogP contribution in [0.1, 0.15) is 13.3 Å². The Bertz CT molecular complexity index is 461. The highest BCUT2D eigenvalue weighted by atomic mass is 32.2. The molecule has 0 aliphatic rings.